The van der Waals surface area contributed by atoms with Gasteiger partial charge in [0.25, 0.3) is 5.91 Å². The Bertz CT molecular complexity index is 957. The number of rotatable bonds is 6. The summed E-state index contributed by atoms with van der Waals surface area (Å²) in [6, 6.07) is 14.7. The van der Waals surface area contributed by atoms with Crippen molar-refractivity contribution in [2.45, 2.75) is 6.04 Å². The largest absolute Gasteiger partial charge is 0.497 e. The van der Waals surface area contributed by atoms with Crippen LogP contribution in [0.15, 0.2) is 60.8 Å². The molecular formula is C20H19N3O4. The first-order valence-corrected chi connectivity index (χ1v) is 8.32. The summed E-state index contributed by atoms with van der Waals surface area (Å²) in [6.45, 7) is -0.533. The summed E-state index contributed by atoms with van der Waals surface area (Å²) in [4.78, 5) is 29.0. The molecule has 0 spiro atoms. The number of hydrogen-bond acceptors (Lipinski definition) is 5. The molecule has 27 heavy (non-hydrogen) atoms. The van der Waals surface area contributed by atoms with Crippen molar-refractivity contribution < 1.29 is 19.4 Å². The highest BCUT2D eigenvalue weighted by Gasteiger charge is 2.21. The Balaban J connectivity index is 1.68. The van der Waals surface area contributed by atoms with Crippen LogP contribution < -0.4 is 15.4 Å². The zero-order valence-electron chi connectivity index (χ0n) is 14.7. The van der Waals surface area contributed by atoms with Crippen molar-refractivity contribution in [2.75, 3.05) is 19.0 Å². The third-order valence-electron chi connectivity index (χ3n) is 4.01. The Morgan fingerprint density at radius 3 is 2.59 bits per heavy atom. The van der Waals surface area contributed by atoms with E-state index in [2.05, 4.69) is 15.6 Å². The maximum Gasteiger partial charge on any atom is 0.253 e. The molecule has 0 bridgehead atoms. The summed E-state index contributed by atoms with van der Waals surface area (Å²) in [7, 11) is 1.55. The van der Waals surface area contributed by atoms with Gasteiger partial charge in [-0.1, -0.05) is 18.2 Å². The number of ether oxygens (including phenoxy) is 1. The Hall–Kier alpha value is -3.45. The molecule has 3 rings (SSSR count). The Morgan fingerprint density at radius 2 is 1.89 bits per heavy atom. The molecule has 2 aromatic carbocycles. The SMILES string of the molecule is COc1ccc(NC(=O)C(CO)NC(=O)c2cnc3ccccc3c2)cc1. The number of pyridine rings is 1. The average Bonchev–Trinajstić information content (AvgIpc) is 2.71. The predicted molar refractivity (Wildman–Crippen MR) is 102 cm³/mol. The molecule has 0 fully saturated rings. The molecule has 0 saturated carbocycles. The molecule has 3 aromatic rings. The van der Waals surface area contributed by atoms with Crippen molar-refractivity contribution in [1.82, 2.24) is 10.3 Å². The molecule has 138 valence electrons. The number of benzene rings is 2. The standard InChI is InChI=1S/C20H19N3O4/c1-27-16-8-6-15(7-9-16)22-20(26)18(12-24)23-19(25)14-10-13-4-2-3-5-17(13)21-11-14/h2-11,18,24H,12H2,1H3,(H,22,26)(H,23,25). The van der Waals surface area contributed by atoms with Gasteiger partial charge in [-0.3, -0.25) is 14.6 Å². The number of hydrogen-bond donors (Lipinski definition) is 3. The molecule has 1 unspecified atom stereocenters. The molecule has 0 aliphatic rings. The molecule has 7 nitrogen and oxygen atoms in total. The van der Waals surface area contributed by atoms with Gasteiger partial charge in [-0.15, -0.1) is 0 Å². The topological polar surface area (TPSA) is 101 Å². The van der Waals surface area contributed by atoms with Crippen LogP contribution in [0.1, 0.15) is 10.4 Å². The van der Waals surface area contributed by atoms with E-state index in [4.69, 9.17) is 4.74 Å². The minimum Gasteiger partial charge on any atom is -0.497 e. The second-order valence-corrected chi connectivity index (χ2v) is 5.84. The van der Waals surface area contributed by atoms with Crippen molar-refractivity contribution in [3.8, 4) is 5.75 Å². The zero-order valence-corrected chi connectivity index (χ0v) is 14.7. The molecule has 2 amide bonds. The van der Waals surface area contributed by atoms with Gasteiger partial charge in [0, 0.05) is 17.3 Å². The van der Waals surface area contributed by atoms with Crippen LogP contribution in [0.4, 0.5) is 5.69 Å². The molecule has 0 radical (unpaired) electrons. The Morgan fingerprint density at radius 1 is 1.15 bits per heavy atom. The van der Waals surface area contributed by atoms with Gasteiger partial charge >= 0.3 is 0 Å². The van der Waals surface area contributed by atoms with Crippen molar-refractivity contribution in [2.24, 2.45) is 0 Å². The number of nitrogens with one attached hydrogen (secondary N) is 2. The van der Waals surface area contributed by atoms with Crippen molar-refractivity contribution in [3.05, 3.63) is 66.4 Å². The second kappa shape index (κ2) is 8.29. The molecule has 7 heteroatoms. The fourth-order valence-corrected chi connectivity index (χ4v) is 2.53. The Labute approximate surface area is 156 Å². The lowest BCUT2D eigenvalue weighted by atomic mass is 10.1. The molecule has 0 aliphatic heterocycles. The third-order valence-corrected chi connectivity index (χ3v) is 4.01. The highest BCUT2D eigenvalue weighted by molar-refractivity contribution is 6.02. The molecule has 1 aromatic heterocycles. The van der Waals surface area contributed by atoms with Crippen LogP contribution in [0.2, 0.25) is 0 Å². The number of anilines is 1. The van der Waals surface area contributed by atoms with E-state index in [0.29, 0.717) is 17.0 Å². The van der Waals surface area contributed by atoms with Gasteiger partial charge in [0.2, 0.25) is 5.91 Å². The highest BCUT2D eigenvalue weighted by atomic mass is 16.5. The number of aliphatic hydroxyl groups excluding tert-OH is 1. The lowest BCUT2D eigenvalue weighted by molar-refractivity contribution is -0.118. The summed E-state index contributed by atoms with van der Waals surface area (Å²) < 4.78 is 5.06. The van der Waals surface area contributed by atoms with Gasteiger partial charge in [0.15, 0.2) is 0 Å². The van der Waals surface area contributed by atoms with E-state index in [1.54, 1.807) is 37.4 Å². The van der Waals surface area contributed by atoms with E-state index in [1.165, 1.54) is 6.20 Å². The number of carbonyl (C=O) groups is 2. The minimum atomic E-state index is -1.09. The van der Waals surface area contributed by atoms with Crippen LogP contribution in [-0.2, 0) is 4.79 Å². The summed E-state index contributed by atoms with van der Waals surface area (Å²) in [5.74, 6) is -0.356. The van der Waals surface area contributed by atoms with E-state index >= 15 is 0 Å². The zero-order chi connectivity index (χ0) is 19.2. The van der Waals surface area contributed by atoms with E-state index in [0.717, 1.165) is 10.9 Å². The normalized spacial score (nSPS) is 11.6. The van der Waals surface area contributed by atoms with E-state index < -0.39 is 24.5 Å². The smallest absolute Gasteiger partial charge is 0.253 e. The van der Waals surface area contributed by atoms with Gasteiger partial charge in [0.05, 0.1) is 24.8 Å². The first-order chi connectivity index (χ1) is 13.1. The van der Waals surface area contributed by atoms with E-state index in [9.17, 15) is 14.7 Å². The monoisotopic (exact) mass is 365 g/mol. The summed E-state index contributed by atoms with van der Waals surface area (Å²) in [6.07, 6.45) is 1.44. The number of para-hydroxylation sites is 1. The molecule has 1 heterocycles. The van der Waals surface area contributed by atoms with Crippen LogP contribution in [0, 0.1) is 0 Å². The predicted octanol–water partition coefficient (Wildman–Crippen LogP) is 1.97. The number of amides is 2. The summed E-state index contributed by atoms with van der Waals surface area (Å²) in [5.41, 5.74) is 1.61. The van der Waals surface area contributed by atoms with E-state index in [-0.39, 0.29) is 0 Å². The summed E-state index contributed by atoms with van der Waals surface area (Å²) >= 11 is 0. The van der Waals surface area contributed by atoms with Crippen molar-refractivity contribution in [3.63, 3.8) is 0 Å². The van der Waals surface area contributed by atoms with Crippen molar-refractivity contribution in [1.29, 1.82) is 0 Å². The lowest BCUT2D eigenvalue weighted by Gasteiger charge is -2.16. The Kier molecular flexibility index (Phi) is 5.63. The second-order valence-electron chi connectivity index (χ2n) is 5.84. The lowest BCUT2D eigenvalue weighted by Crippen LogP contribution is -2.46. The van der Waals surface area contributed by atoms with Crippen LogP contribution in [0.3, 0.4) is 0 Å². The first kappa shape index (κ1) is 18.3. The maximum atomic E-state index is 12.4. The molecule has 0 aliphatic carbocycles. The van der Waals surface area contributed by atoms with Gasteiger partial charge in [-0.2, -0.15) is 0 Å². The first-order valence-electron chi connectivity index (χ1n) is 8.32. The van der Waals surface area contributed by atoms with Gasteiger partial charge < -0.3 is 20.5 Å². The molecule has 3 N–H and O–H groups in total. The number of aliphatic hydroxyl groups is 1. The molecule has 1 atom stereocenters. The van der Waals surface area contributed by atoms with Gasteiger partial charge in [0.1, 0.15) is 11.8 Å². The highest BCUT2D eigenvalue weighted by Crippen LogP contribution is 2.15. The van der Waals surface area contributed by atoms with Gasteiger partial charge in [-0.05, 0) is 36.4 Å². The van der Waals surface area contributed by atoms with Crippen LogP contribution in [0.25, 0.3) is 10.9 Å². The fourth-order valence-electron chi connectivity index (χ4n) is 2.53. The molecular weight excluding hydrogens is 346 g/mol. The summed E-state index contributed by atoms with van der Waals surface area (Å²) in [5, 5.41) is 15.5. The number of fused-ring (bicyclic) bond motifs is 1. The number of aromatic nitrogens is 1. The maximum absolute atomic E-state index is 12.4. The number of nitrogens with zero attached hydrogens (tertiary/aromatic N) is 1. The number of methoxy groups -OCH3 is 1. The molecule has 0 saturated heterocycles. The van der Waals surface area contributed by atoms with E-state index in [1.807, 2.05) is 24.3 Å². The fraction of sp³-hybridized carbons (Fsp3) is 0.150. The van der Waals surface area contributed by atoms with Gasteiger partial charge in [-0.25, -0.2) is 0 Å². The number of carbonyl (C=O) groups excluding carboxylic acids is 2. The third kappa shape index (κ3) is 4.39. The van der Waals surface area contributed by atoms with Crippen LogP contribution in [-0.4, -0.2) is 41.7 Å². The minimum absolute atomic E-state index is 0.310. The quantitative estimate of drug-likeness (QED) is 0.620. The average molecular weight is 365 g/mol. The van der Waals surface area contributed by atoms with Crippen LogP contribution in [0.5, 0.6) is 5.75 Å². The van der Waals surface area contributed by atoms with Crippen LogP contribution >= 0.6 is 0 Å². The van der Waals surface area contributed by atoms with Crippen molar-refractivity contribution >= 4 is 28.4 Å².